The normalized spacial score (nSPS) is 15.8. The zero-order valence-electron chi connectivity index (χ0n) is 11.0. The van der Waals surface area contributed by atoms with Crippen molar-refractivity contribution in [2.24, 2.45) is 5.73 Å². The first-order chi connectivity index (χ1) is 8.58. The third-order valence-corrected chi connectivity index (χ3v) is 3.09. The summed E-state index contributed by atoms with van der Waals surface area (Å²) in [6.07, 6.45) is 1.21. The molecule has 1 heterocycles. The minimum atomic E-state index is 0.0625. The van der Waals surface area contributed by atoms with Gasteiger partial charge < -0.3 is 15.4 Å². The van der Waals surface area contributed by atoms with Crippen LogP contribution in [0.25, 0.3) is 0 Å². The lowest BCUT2D eigenvalue weighted by molar-refractivity contribution is -0.119. The lowest BCUT2D eigenvalue weighted by Crippen LogP contribution is -2.38. The molecule has 0 saturated carbocycles. The monoisotopic (exact) mass is 248 g/mol. The summed E-state index contributed by atoms with van der Waals surface area (Å²) in [5.41, 5.74) is 7.70. The standard InChI is InChI=1S/C14H20N2O2/c1-10-3-5-12-13(9-10)18-8-7-16(12)14(17)6-4-11(2)15/h3,5,9,11H,4,6-8,15H2,1-2H3. The molecule has 0 spiro atoms. The van der Waals surface area contributed by atoms with Crippen LogP contribution >= 0.6 is 0 Å². The predicted octanol–water partition coefficient (Wildman–Crippen LogP) is 1.85. The molecule has 1 aromatic rings. The molecule has 0 radical (unpaired) electrons. The first kappa shape index (κ1) is 12.9. The van der Waals surface area contributed by atoms with E-state index >= 15 is 0 Å². The zero-order valence-corrected chi connectivity index (χ0v) is 11.0. The number of aryl methyl sites for hydroxylation is 1. The van der Waals surface area contributed by atoms with Gasteiger partial charge in [0.2, 0.25) is 5.91 Å². The van der Waals surface area contributed by atoms with Gasteiger partial charge in [-0.2, -0.15) is 0 Å². The van der Waals surface area contributed by atoms with E-state index < -0.39 is 0 Å². The molecule has 1 unspecified atom stereocenters. The molecule has 2 N–H and O–H groups in total. The van der Waals surface area contributed by atoms with Crippen molar-refractivity contribution in [2.45, 2.75) is 32.7 Å². The number of benzene rings is 1. The van der Waals surface area contributed by atoms with Gasteiger partial charge >= 0.3 is 0 Å². The van der Waals surface area contributed by atoms with Crippen LogP contribution in [0.4, 0.5) is 5.69 Å². The molecule has 4 nitrogen and oxygen atoms in total. The molecular weight excluding hydrogens is 228 g/mol. The Morgan fingerprint density at radius 1 is 1.56 bits per heavy atom. The molecule has 18 heavy (non-hydrogen) atoms. The van der Waals surface area contributed by atoms with Crippen molar-refractivity contribution in [1.29, 1.82) is 0 Å². The molecule has 98 valence electrons. The number of nitrogens with zero attached hydrogens (tertiary/aromatic N) is 1. The van der Waals surface area contributed by atoms with Gasteiger partial charge in [0.05, 0.1) is 12.2 Å². The molecule has 1 amide bonds. The Bertz CT molecular complexity index is 443. The Labute approximate surface area is 108 Å². The van der Waals surface area contributed by atoms with Crippen LogP contribution in [-0.4, -0.2) is 25.1 Å². The third-order valence-electron chi connectivity index (χ3n) is 3.09. The Hall–Kier alpha value is -1.55. The number of fused-ring (bicyclic) bond motifs is 1. The zero-order chi connectivity index (χ0) is 13.1. The average molecular weight is 248 g/mol. The van der Waals surface area contributed by atoms with E-state index in [-0.39, 0.29) is 11.9 Å². The Balaban J connectivity index is 2.14. The fourth-order valence-corrected chi connectivity index (χ4v) is 2.07. The number of carbonyl (C=O) groups excluding carboxylic acids is 1. The summed E-state index contributed by atoms with van der Waals surface area (Å²) in [5, 5.41) is 0. The molecule has 0 bridgehead atoms. The topological polar surface area (TPSA) is 55.6 Å². The van der Waals surface area contributed by atoms with Gasteiger partial charge in [-0.25, -0.2) is 0 Å². The van der Waals surface area contributed by atoms with Crippen LogP contribution in [-0.2, 0) is 4.79 Å². The number of amides is 1. The fraction of sp³-hybridized carbons (Fsp3) is 0.500. The van der Waals surface area contributed by atoms with E-state index in [4.69, 9.17) is 10.5 Å². The van der Waals surface area contributed by atoms with E-state index in [1.807, 2.05) is 32.0 Å². The Morgan fingerprint density at radius 2 is 2.33 bits per heavy atom. The van der Waals surface area contributed by atoms with Crippen LogP contribution in [0, 0.1) is 6.92 Å². The van der Waals surface area contributed by atoms with Crippen molar-refractivity contribution in [3.8, 4) is 5.75 Å². The summed E-state index contributed by atoms with van der Waals surface area (Å²) in [4.78, 5) is 14.0. The van der Waals surface area contributed by atoms with Crippen LogP contribution in [0.2, 0.25) is 0 Å². The molecule has 1 aliphatic rings. The first-order valence-electron chi connectivity index (χ1n) is 6.37. The number of ether oxygens (including phenoxy) is 1. The Morgan fingerprint density at radius 3 is 3.06 bits per heavy atom. The SMILES string of the molecule is Cc1ccc2c(c1)OCCN2C(=O)CCC(C)N. The van der Waals surface area contributed by atoms with E-state index in [0.717, 1.165) is 23.4 Å². The second kappa shape index (κ2) is 5.40. The maximum absolute atomic E-state index is 12.2. The number of rotatable bonds is 3. The molecular formula is C14H20N2O2. The summed E-state index contributed by atoms with van der Waals surface area (Å²) in [6.45, 7) is 5.11. The lowest BCUT2D eigenvalue weighted by atomic mass is 10.1. The second-order valence-electron chi connectivity index (χ2n) is 4.88. The van der Waals surface area contributed by atoms with Crippen molar-refractivity contribution in [3.63, 3.8) is 0 Å². The summed E-state index contributed by atoms with van der Waals surface area (Å²) < 4.78 is 5.59. The third kappa shape index (κ3) is 2.82. The highest BCUT2D eigenvalue weighted by Gasteiger charge is 2.23. The van der Waals surface area contributed by atoms with Crippen LogP contribution in [0.1, 0.15) is 25.3 Å². The maximum atomic E-state index is 12.2. The molecule has 0 aromatic heterocycles. The minimum absolute atomic E-state index is 0.0625. The molecule has 1 atom stereocenters. The highest BCUT2D eigenvalue weighted by Crippen LogP contribution is 2.32. The van der Waals surface area contributed by atoms with Gasteiger partial charge in [0.1, 0.15) is 12.4 Å². The van der Waals surface area contributed by atoms with E-state index in [1.54, 1.807) is 4.90 Å². The van der Waals surface area contributed by atoms with E-state index in [9.17, 15) is 4.79 Å². The van der Waals surface area contributed by atoms with Gasteiger partial charge in [0, 0.05) is 12.5 Å². The number of anilines is 1. The van der Waals surface area contributed by atoms with Crippen molar-refractivity contribution >= 4 is 11.6 Å². The summed E-state index contributed by atoms with van der Waals surface area (Å²) in [5.74, 6) is 0.927. The molecule has 1 aliphatic heterocycles. The van der Waals surface area contributed by atoms with Gasteiger partial charge in [-0.05, 0) is 38.0 Å². The summed E-state index contributed by atoms with van der Waals surface area (Å²) >= 11 is 0. The number of hydrogen-bond acceptors (Lipinski definition) is 3. The maximum Gasteiger partial charge on any atom is 0.227 e. The van der Waals surface area contributed by atoms with Crippen LogP contribution in [0.15, 0.2) is 18.2 Å². The van der Waals surface area contributed by atoms with Crippen molar-refractivity contribution in [1.82, 2.24) is 0 Å². The van der Waals surface area contributed by atoms with Crippen LogP contribution in [0.5, 0.6) is 5.75 Å². The van der Waals surface area contributed by atoms with Crippen molar-refractivity contribution < 1.29 is 9.53 Å². The van der Waals surface area contributed by atoms with Gasteiger partial charge in [0.15, 0.2) is 0 Å². The van der Waals surface area contributed by atoms with Crippen LogP contribution in [0.3, 0.4) is 0 Å². The van der Waals surface area contributed by atoms with Crippen molar-refractivity contribution in [3.05, 3.63) is 23.8 Å². The predicted molar refractivity (Wildman–Crippen MR) is 71.9 cm³/mol. The molecule has 0 aliphatic carbocycles. The largest absolute Gasteiger partial charge is 0.490 e. The second-order valence-corrected chi connectivity index (χ2v) is 4.88. The highest BCUT2D eigenvalue weighted by molar-refractivity contribution is 5.95. The minimum Gasteiger partial charge on any atom is -0.490 e. The molecule has 0 saturated heterocycles. The molecule has 2 rings (SSSR count). The quantitative estimate of drug-likeness (QED) is 0.888. The molecule has 0 fully saturated rings. The van der Waals surface area contributed by atoms with Gasteiger partial charge in [-0.1, -0.05) is 6.07 Å². The van der Waals surface area contributed by atoms with E-state index in [2.05, 4.69) is 0 Å². The number of nitrogens with two attached hydrogens (primary N) is 1. The first-order valence-corrected chi connectivity index (χ1v) is 6.37. The van der Waals surface area contributed by atoms with Crippen LogP contribution < -0.4 is 15.4 Å². The fourth-order valence-electron chi connectivity index (χ4n) is 2.07. The summed E-state index contributed by atoms with van der Waals surface area (Å²) in [6, 6.07) is 5.99. The smallest absolute Gasteiger partial charge is 0.227 e. The highest BCUT2D eigenvalue weighted by atomic mass is 16.5. The number of carbonyl (C=O) groups is 1. The molecule has 4 heteroatoms. The lowest BCUT2D eigenvalue weighted by Gasteiger charge is -2.30. The Kier molecular flexibility index (Phi) is 3.87. The molecule has 1 aromatic carbocycles. The number of hydrogen-bond donors (Lipinski definition) is 1. The average Bonchev–Trinajstić information content (AvgIpc) is 2.34. The van der Waals surface area contributed by atoms with Gasteiger partial charge in [0.25, 0.3) is 0 Å². The van der Waals surface area contributed by atoms with Gasteiger partial charge in [-0.15, -0.1) is 0 Å². The summed E-state index contributed by atoms with van der Waals surface area (Å²) in [7, 11) is 0. The van der Waals surface area contributed by atoms with E-state index in [0.29, 0.717) is 19.6 Å². The van der Waals surface area contributed by atoms with Gasteiger partial charge in [-0.3, -0.25) is 4.79 Å². The van der Waals surface area contributed by atoms with Crippen molar-refractivity contribution in [2.75, 3.05) is 18.1 Å². The van der Waals surface area contributed by atoms with E-state index in [1.165, 1.54) is 0 Å².